The lowest BCUT2D eigenvalue weighted by Gasteiger charge is -2.12. The number of alkyl halides is 3. The zero-order chi connectivity index (χ0) is 36.6. The largest absolute Gasteiger partial charge is 0.512 e. The number of furan rings is 1. The van der Waals surface area contributed by atoms with E-state index in [1.807, 2.05) is 45.6 Å². The minimum Gasteiger partial charge on any atom is -0.512 e. The van der Waals surface area contributed by atoms with Gasteiger partial charge in [0.25, 0.3) is 0 Å². The minimum atomic E-state index is -4.40. The Hall–Kier alpha value is -3.88. The Kier molecular flexibility index (Phi) is 37.2. The molecule has 5 nitrogen and oxygen atoms in total. The molecule has 9 heteroatoms. The van der Waals surface area contributed by atoms with Crippen molar-refractivity contribution in [2.24, 2.45) is 0 Å². The number of aliphatic hydroxyl groups excluding tert-OH is 1. The molecule has 0 aliphatic carbocycles. The van der Waals surface area contributed by atoms with Gasteiger partial charge in [-0.25, -0.2) is 0 Å². The molecule has 2 rings (SSSR count). The number of benzene rings is 1. The van der Waals surface area contributed by atoms with Gasteiger partial charge in [-0.15, -0.1) is 0 Å². The van der Waals surface area contributed by atoms with E-state index in [1.54, 1.807) is 26.0 Å². The molecule has 0 saturated carbocycles. The van der Waals surface area contributed by atoms with Crippen molar-refractivity contribution in [3.05, 3.63) is 101 Å². The molecule has 0 amide bonds. The van der Waals surface area contributed by atoms with Gasteiger partial charge < -0.3 is 19.1 Å². The molecule has 0 aliphatic heterocycles. The summed E-state index contributed by atoms with van der Waals surface area (Å²) in [6.45, 7) is 27.7. The van der Waals surface area contributed by atoms with Gasteiger partial charge in [-0.3, -0.25) is 4.79 Å². The van der Waals surface area contributed by atoms with Gasteiger partial charge in [0.1, 0.15) is 20.9 Å². The maximum absolute atomic E-state index is 12.7. The van der Waals surface area contributed by atoms with E-state index in [-0.39, 0.29) is 17.1 Å². The number of carbonyl (C=O) groups is 3. The third-order valence-corrected chi connectivity index (χ3v) is 5.97. The molecular weight excluding hydrogens is 580 g/mol. The van der Waals surface area contributed by atoms with Gasteiger partial charge in [0.15, 0.2) is 5.78 Å². The fourth-order valence-electron chi connectivity index (χ4n) is 3.02. The molecule has 0 bridgehead atoms. The summed E-state index contributed by atoms with van der Waals surface area (Å²) in [6.07, 6.45) is 3.80. The van der Waals surface area contributed by atoms with Crippen molar-refractivity contribution in [3.8, 4) is 0 Å². The average molecular weight is 637 g/mol. The Balaban J connectivity index is -0.000000161. The highest BCUT2D eigenvalue weighted by Crippen LogP contribution is 2.33. The van der Waals surface area contributed by atoms with Crippen molar-refractivity contribution in [3.63, 3.8) is 0 Å². The van der Waals surface area contributed by atoms with Gasteiger partial charge in [0.05, 0.1) is 23.9 Å². The zero-order valence-electron chi connectivity index (χ0n) is 29.3. The Labute approximate surface area is 271 Å². The molecule has 0 fully saturated rings. The smallest absolute Gasteiger partial charge is 0.416 e. The number of Topliss-reactive ketones (excluding diaryl/α,β-unsaturated/α-hetero) is 1. The molecule has 0 atom stereocenters. The van der Waals surface area contributed by atoms with Gasteiger partial charge in [0, 0.05) is 11.1 Å². The predicted molar refractivity (Wildman–Crippen MR) is 187 cm³/mol. The lowest BCUT2D eigenvalue weighted by Crippen LogP contribution is -2.12. The van der Waals surface area contributed by atoms with Gasteiger partial charge in [-0.2, -0.15) is 13.2 Å². The van der Waals surface area contributed by atoms with Crippen LogP contribution in [-0.4, -0.2) is 37.9 Å². The van der Waals surface area contributed by atoms with Gasteiger partial charge in [-0.1, -0.05) is 102 Å². The lowest BCUT2D eigenvalue weighted by atomic mass is 9.64. The third kappa shape index (κ3) is 28.6. The van der Waals surface area contributed by atoms with Crippen LogP contribution in [-0.2, 0) is 14.4 Å². The van der Waals surface area contributed by atoms with E-state index in [4.69, 9.17) is 19.1 Å². The highest BCUT2D eigenvalue weighted by Gasteiger charge is 2.34. The van der Waals surface area contributed by atoms with Crippen LogP contribution in [0.2, 0.25) is 12.6 Å². The van der Waals surface area contributed by atoms with Crippen molar-refractivity contribution in [1.82, 2.24) is 0 Å². The van der Waals surface area contributed by atoms with Gasteiger partial charge >= 0.3 is 6.18 Å². The van der Waals surface area contributed by atoms with E-state index in [9.17, 15) is 18.0 Å². The molecule has 0 spiro atoms. The quantitative estimate of drug-likeness (QED) is 0.141. The topological polar surface area (TPSA) is 84.6 Å². The van der Waals surface area contributed by atoms with E-state index < -0.39 is 11.7 Å². The average Bonchev–Trinajstić information content (AvgIpc) is 3.56. The standard InChI is InChI=1S/C13H13F3O.C7H8.C6H15B.C6H10O2.C2H6.2CH2O/c1-4-10(11-5-6-17-8-11)7-12(9(2)3)13(14,15)16;1-7-5-3-2-4-6-7;1-4-6(5-2)7-3;1-4(5(2)7)6(3)8;3*1-2/h4-8H,2H2,1,3H3;2-6H,1H3;6-7H,4-5H2,1-3H3;7H,1-3H3;1-2H3;2*1H2/b10-4+,12-7+;;;5-4-;;;. The van der Waals surface area contributed by atoms with E-state index in [1.165, 1.54) is 59.0 Å². The summed E-state index contributed by atoms with van der Waals surface area (Å²) in [6, 6.07) is 11.9. The summed E-state index contributed by atoms with van der Waals surface area (Å²) in [4.78, 5) is 26.4. The fraction of sp³-hybridized carbons (Fsp3) is 0.417. The van der Waals surface area contributed by atoms with E-state index in [2.05, 4.69) is 46.3 Å². The normalized spacial score (nSPS) is 10.7. The van der Waals surface area contributed by atoms with Gasteiger partial charge in [0.2, 0.25) is 0 Å². The number of allylic oxidation sites excluding steroid dienone is 7. The predicted octanol–water partition coefficient (Wildman–Crippen LogP) is 10.9. The molecule has 1 aromatic heterocycles. The van der Waals surface area contributed by atoms with Crippen LogP contribution in [0.4, 0.5) is 13.2 Å². The number of aryl methyl sites for hydroxylation is 1. The third-order valence-electron chi connectivity index (χ3n) is 5.97. The molecule has 0 saturated heterocycles. The summed E-state index contributed by atoms with van der Waals surface area (Å²) in [5.74, 6) is 1.02. The van der Waals surface area contributed by atoms with Crippen LogP contribution in [0.5, 0.6) is 0 Å². The number of carbonyl (C=O) groups excluding carboxylic acids is 3. The first-order valence-corrected chi connectivity index (χ1v) is 14.8. The molecule has 45 heavy (non-hydrogen) atoms. The minimum absolute atomic E-state index is 0.0136. The number of halogens is 3. The van der Waals surface area contributed by atoms with E-state index >= 15 is 0 Å². The Morgan fingerprint density at radius 2 is 1.44 bits per heavy atom. The summed E-state index contributed by atoms with van der Waals surface area (Å²) in [5, 5.41) is 8.65. The molecule has 0 unspecified atom stereocenters. The second-order valence-electron chi connectivity index (χ2n) is 9.10. The number of ketones is 1. The summed E-state index contributed by atoms with van der Waals surface area (Å²) >= 11 is 0. The molecular formula is C36H56BF3O5. The second-order valence-corrected chi connectivity index (χ2v) is 9.10. The van der Waals surface area contributed by atoms with E-state index in [0.29, 0.717) is 16.7 Å². The highest BCUT2D eigenvalue weighted by atomic mass is 19.4. The van der Waals surface area contributed by atoms with Crippen molar-refractivity contribution >= 4 is 32.2 Å². The first-order chi connectivity index (χ1) is 21.2. The van der Waals surface area contributed by atoms with Crippen LogP contribution in [0.15, 0.2) is 94.6 Å². The Morgan fingerprint density at radius 3 is 1.62 bits per heavy atom. The summed E-state index contributed by atoms with van der Waals surface area (Å²) < 4.78 is 43.0. The first kappa shape index (κ1) is 50.7. The number of aliphatic hydroxyl groups is 1. The molecule has 1 aromatic carbocycles. The maximum atomic E-state index is 12.7. The number of hydrogen-bond donors (Lipinski definition) is 1. The van der Waals surface area contributed by atoms with Crippen LogP contribution in [0.25, 0.3) is 5.57 Å². The number of hydrogen-bond acceptors (Lipinski definition) is 5. The van der Waals surface area contributed by atoms with Crippen LogP contribution >= 0.6 is 0 Å². The second kappa shape index (κ2) is 33.0. The van der Waals surface area contributed by atoms with Crippen LogP contribution in [0.3, 0.4) is 0 Å². The van der Waals surface area contributed by atoms with E-state index in [0.717, 1.165) is 11.9 Å². The molecule has 0 radical (unpaired) electrons. The monoisotopic (exact) mass is 636 g/mol. The number of rotatable bonds is 7. The van der Waals surface area contributed by atoms with Crippen molar-refractivity contribution in [2.75, 3.05) is 0 Å². The van der Waals surface area contributed by atoms with Gasteiger partial charge in [-0.05, 0) is 64.8 Å². The summed E-state index contributed by atoms with van der Waals surface area (Å²) in [5.41, 5.74) is 2.07. The first-order valence-electron chi connectivity index (χ1n) is 14.8. The van der Waals surface area contributed by atoms with Crippen LogP contribution in [0.1, 0.15) is 86.3 Å². The Morgan fingerprint density at radius 1 is 0.978 bits per heavy atom. The molecule has 1 heterocycles. The molecule has 2 aromatic rings. The molecule has 0 aliphatic rings. The van der Waals surface area contributed by atoms with Crippen LogP contribution < -0.4 is 0 Å². The molecule has 1 N–H and O–H groups in total. The molecule has 254 valence electrons. The lowest BCUT2D eigenvalue weighted by molar-refractivity contribution is -0.113. The Bertz CT molecular complexity index is 1070. The summed E-state index contributed by atoms with van der Waals surface area (Å²) in [7, 11) is 1.35. The van der Waals surface area contributed by atoms with Crippen molar-refractivity contribution in [2.45, 2.75) is 101 Å². The van der Waals surface area contributed by atoms with Crippen molar-refractivity contribution < 1.29 is 37.1 Å². The highest BCUT2D eigenvalue weighted by molar-refractivity contribution is 6.35. The fourth-order valence-corrected chi connectivity index (χ4v) is 3.02. The van der Waals surface area contributed by atoms with Crippen molar-refractivity contribution in [1.29, 1.82) is 0 Å². The van der Waals surface area contributed by atoms with Crippen LogP contribution in [0, 0.1) is 6.92 Å². The maximum Gasteiger partial charge on any atom is 0.416 e. The SMILES string of the molecule is C=C(C)/C(=C\C(=C/C)c1ccoc1)C(F)(F)F.C=O.C=O.CBC(CC)CC.CC.CC(=O)/C(C)=C(/C)O.Cc1ccccc1. The zero-order valence-corrected chi connectivity index (χ0v) is 29.3.